The van der Waals surface area contributed by atoms with Gasteiger partial charge in [0, 0.05) is 19.3 Å². The van der Waals surface area contributed by atoms with Crippen LogP contribution in [0, 0.1) is 0 Å². The molecular weight excluding hydrogens is 326 g/mol. The van der Waals surface area contributed by atoms with Crippen LogP contribution < -0.4 is 4.90 Å². The molecule has 0 spiro atoms. The summed E-state index contributed by atoms with van der Waals surface area (Å²) in [6.45, 7) is 5.39. The molecular formula is C17H21N3O5. The summed E-state index contributed by atoms with van der Waals surface area (Å²) in [6.07, 6.45) is 0.990. The highest BCUT2D eigenvalue weighted by Gasteiger charge is 2.25. The molecule has 0 fully saturated rings. The third-order valence-corrected chi connectivity index (χ3v) is 3.38. The molecule has 0 aliphatic carbocycles. The summed E-state index contributed by atoms with van der Waals surface area (Å²) in [7, 11) is 1.74. The lowest BCUT2D eigenvalue weighted by Gasteiger charge is -2.27. The first-order chi connectivity index (χ1) is 11.6. The first-order valence-corrected chi connectivity index (χ1v) is 7.62. The number of carbonyl (C=O) groups is 2. The molecule has 0 bridgehead atoms. The van der Waals surface area contributed by atoms with Gasteiger partial charge in [0.2, 0.25) is 0 Å². The van der Waals surface area contributed by atoms with Gasteiger partial charge in [0.05, 0.1) is 17.9 Å². The minimum Gasteiger partial charge on any atom is -0.507 e. The summed E-state index contributed by atoms with van der Waals surface area (Å²) in [4.78, 5) is 25.0. The molecule has 0 atom stereocenters. The van der Waals surface area contributed by atoms with E-state index in [1.807, 2.05) is 0 Å². The van der Waals surface area contributed by atoms with Gasteiger partial charge in [-0.3, -0.25) is 9.58 Å². The van der Waals surface area contributed by atoms with Crippen molar-refractivity contribution in [2.45, 2.75) is 32.9 Å². The number of rotatable bonds is 4. The molecule has 134 valence electrons. The van der Waals surface area contributed by atoms with Gasteiger partial charge in [-0.1, -0.05) is 0 Å². The molecule has 0 saturated heterocycles. The van der Waals surface area contributed by atoms with E-state index in [1.165, 1.54) is 23.1 Å². The first-order valence-electron chi connectivity index (χ1n) is 7.62. The molecule has 2 aromatic rings. The Hall–Kier alpha value is -3.03. The second kappa shape index (κ2) is 6.84. The van der Waals surface area contributed by atoms with Gasteiger partial charge in [-0.2, -0.15) is 5.10 Å². The van der Waals surface area contributed by atoms with E-state index in [4.69, 9.17) is 9.84 Å². The van der Waals surface area contributed by atoms with Crippen LogP contribution in [0.4, 0.5) is 10.5 Å². The quantitative estimate of drug-likeness (QED) is 0.881. The normalized spacial score (nSPS) is 11.2. The Labute approximate surface area is 145 Å². The summed E-state index contributed by atoms with van der Waals surface area (Å²) in [5.74, 6) is -1.68. The maximum absolute atomic E-state index is 12.6. The van der Waals surface area contributed by atoms with E-state index < -0.39 is 23.4 Å². The van der Waals surface area contributed by atoms with Crippen LogP contribution in [0.15, 0.2) is 30.5 Å². The van der Waals surface area contributed by atoms with Crippen molar-refractivity contribution in [3.05, 3.63) is 41.7 Å². The predicted octanol–water partition coefficient (Wildman–Crippen LogP) is 2.77. The summed E-state index contributed by atoms with van der Waals surface area (Å²) in [5, 5.41) is 23.0. The average Bonchev–Trinajstić information content (AvgIpc) is 2.87. The smallest absolute Gasteiger partial charge is 0.415 e. The van der Waals surface area contributed by atoms with Crippen LogP contribution in [0.25, 0.3) is 0 Å². The number of aromatic hydroxyl groups is 1. The second-order valence-corrected chi connectivity index (χ2v) is 6.52. The maximum Gasteiger partial charge on any atom is 0.415 e. The van der Waals surface area contributed by atoms with Crippen molar-refractivity contribution >= 4 is 17.7 Å². The van der Waals surface area contributed by atoms with Crippen LogP contribution in [-0.2, 0) is 18.3 Å². The van der Waals surface area contributed by atoms with E-state index in [2.05, 4.69) is 5.10 Å². The number of hydrogen-bond acceptors (Lipinski definition) is 5. The summed E-state index contributed by atoms with van der Waals surface area (Å²) in [6, 6.07) is 5.67. The monoisotopic (exact) mass is 347 g/mol. The number of anilines is 1. The first kappa shape index (κ1) is 18.3. The molecule has 2 rings (SSSR count). The van der Waals surface area contributed by atoms with Crippen LogP contribution in [0.1, 0.15) is 36.8 Å². The third kappa shape index (κ3) is 4.50. The molecule has 1 heterocycles. The minimum atomic E-state index is -1.25. The molecule has 0 radical (unpaired) electrons. The summed E-state index contributed by atoms with van der Waals surface area (Å²) in [5.41, 5.74) is 0.115. The number of amides is 1. The Morgan fingerprint density at radius 2 is 1.96 bits per heavy atom. The van der Waals surface area contributed by atoms with E-state index in [1.54, 1.807) is 44.8 Å². The maximum atomic E-state index is 12.6. The number of hydrogen-bond donors (Lipinski definition) is 2. The van der Waals surface area contributed by atoms with Crippen molar-refractivity contribution in [2.75, 3.05) is 4.90 Å². The number of carbonyl (C=O) groups excluding carboxylic acids is 1. The molecule has 0 saturated carbocycles. The Morgan fingerprint density at radius 3 is 2.44 bits per heavy atom. The van der Waals surface area contributed by atoms with E-state index in [9.17, 15) is 14.7 Å². The zero-order valence-corrected chi connectivity index (χ0v) is 14.6. The number of benzene rings is 1. The van der Waals surface area contributed by atoms with Gasteiger partial charge in [-0.05, 0) is 39.0 Å². The summed E-state index contributed by atoms with van der Waals surface area (Å²) >= 11 is 0. The van der Waals surface area contributed by atoms with Crippen LogP contribution in [0.3, 0.4) is 0 Å². The lowest BCUT2D eigenvalue weighted by molar-refractivity contribution is 0.0576. The molecule has 1 amide bonds. The van der Waals surface area contributed by atoms with Crippen LogP contribution >= 0.6 is 0 Å². The lowest BCUT2D eigenvalue weighted by atomic mass is 10.1. The minimum absolute atomic E-state index is 0.150. The largest absolute Gasteiger partial charge is 0.507 e. The number of carboxylic acid groups (broad SMARTS) is 1. The topological polar surface area (TPSA) is 105 Å². The lowest BCUT2D eigenvalue weighted by Crippen LogP contribution is -2.37. The zero-order valence-electron chi connectivity index (χ0n) is 14.6. The van der Waals surface area contributed by atoms with Crippen molar-refractivity contribution in [1.82, 2.24) is 9.78 Å². The SMILES string of the molecule is Cn1nccc1CN(C(=O)OC(C)(C)C)c1ccc(C(=O)O)c(O)c1. The van der Waals surface area contributed by atoms with Gasteiger partial charge in [0.25, 0.3) is 0 Å². The fourth-order valence-corrected chi connectivity index (χ4v) is 2.17. The van der Waals surface area contributed by atoms with E-state index in [0.717, 1.165) is 5.69 Å². The highest BCUT2D eigenvalue weighted by molar-refractivity contribution is 5.93. The Kier molecular flexibility index (Phi) is 5.01. The molecule has 0 aliphatic heterocycles. The van der Waals surface area contributed by atoms with E-state index >= 15 is 0 Å². The van der Waals surface area contributed by atoms with Crippen molar-refractivity contribution in [3.63, 3.8) is 0 Å². The van der Waals surface area contributed by atoms with Crippen LogP contribution in [0.5, 0.6) is 5.75 Å². The number of nitrogens with zero attached hydrogens (tertiary/aromatic N) is 3. The van der Waals surface area contributed by atoms with E-state index in [0.29, 0.717) is 5.69 Å². The molecule has 2 N–H and O–H groups in total. The second-order valence-electron chi connectivity index (χ2n) is 6.52. The Bertz CT molecular complexity index is 792. The molecule has 0 aliphatic rings. The summed E-state index contributed by atoms with van der Waals surface area (Å²) < 4.78 is 7.03. The highest BCUT2D eigenvalue weighted by Crippen LogP contribution is 2.27. The average molecular weight is 347 g/mol. The fraction of sp³-hybridized carbons (Fsp3) is 0.353. The number of aryl methyl sites for hydroxylation is 1. The fourth-order valence-electron chi connectivity index (χ4n) is 2.17. The highest BCUT2D eigenvalue weighted by atomic mass is 16.6. The van der Waals surface area contributed by atoms with Crippen molar-refractivity contribution in [2.24, 2.45) is 7.05 Å². The van der Waals surface area contributed by atoms with Crippen molar-refractivity contribution in [1.29, 1.82) is 0 Å². The van der Waals surface area contributed by atoms with Gasteiger partial charge in [-0.15, -0.1) is 0 Å². The molecule has 8 heteroatoms. The number of phenols is 1. The number of ether oxygens (including phenoxy) is 1. The van der Waals surface area contributed by atoms with Crippen molar-refractivity contribution < 1.29 is 24.5 Å². The Balaban J connectivity index is 2.40. The number of carboxylic acids is 1. The molecule has 25 heavy (non-hydrogen) atoms. The van der Waals surface area contributed by atoms with Crippen LogP contribution in [-0.4, -0.2) is 37.7 Å². The number of aromatic carboxylic acids is 1. The molecule has 8 nitrogen and oxygen atoms in total. The van der Waals surface area contributed by atoms with Gasteiger partial charge in [0.15, 0.2) is 0 Å². The van der Waals surface area contributed by atoms with Crippen molar-refractivity contribution in [3.8, 4) is 5.75 Å². The standard InChI is InChI=1S/C17H21N3O5/c1-17(2,3)25-16(24)20(10-12-7-8-18-19(12)4)11-5-6-13(15(22)23)14(21)9-11/h5-9,21H,10H2,1-4H3,(H,22,23). The van der Waals surface area contributed by atoms with Gasteiger partial charge in [0.1, 0.15) is 16.9 Å². The van der Waals surface area contributed by atoms with Gasteiger partial charge in [-0.25, -0.2) is 9.59 Å². The van der Waals surface area contributed by atoms with E-state index in [-0.39, 0.29) is 12.1 Å². The third-order valence-electron chi connectivity index (χ3n) is 3.38. The molecule has 0 unspecified atom stereocenters. The Morgan fingerprint density at radius 1 is 1.28 bits per heavy atom. The molecule has 1 aromatic carbocycles. The predicted molar refractivity (Wildman–Crippen MR) is 90.7 cm³/mol. The molecule has 1 aromatic heterocycles. The van der Waals surface area contributed by atoms with Gasteiger partial charge < -0.3 is 14.9 Å². The zero-order chi connectivity index (χ0) is 18.8. The van der Waals surface area contributed by atoms with Crippen LogP contribution in [0.2, 0.25) is 0 Å². The van der Waals surface area contributed by atoms with Gasteiger partial charge >= 0.3 is 12.1 Å². The number of aromatic nitrogens is 2.